The van der Waals surface area contributed by atoms with E-state index < -0.39 is 0 Å². The van der Waals surface area contributed by atoms with Crippen molar-refractivity contribution in [3.8, 4) is 0 Å². The Hall–Kier alpha value is -3.33. The van der Waals surface area contributed by atoms with E-state index in [-0.39, 0.29) is 25.5 Å². The van der Waals surface area contributed by atoms with Crippen LogP contribution in [-0.4, -0.2) is 40.1 Å². The zero-order valence-electron chi connectivity index (χ0n) is 21.8. The summed E-state index contributed by atoms with van der Waals surface area (Å²) in [5, 5.41) is 0. The fourth-order valence-corrected chi connectivity index (χ4v) is 4.40. The highest BCUT2D eigenvalue weighted by Gasteiger charge is 2.23. The molecule has 0 aliphatic rings. The highest BCUT2D eigenvalue weighted by Crippen LogP contribution is 2.07. The Morgan fingerprint density at radius 2 is 0.949 bits per heavy atom. The maximum atomic E-state index is 13.5. The molecule has 9 heteroatoms. The van der Waals surface area contributed by atoms with Crippen molar-refractivity contribution in [3.05, 3.63) is 120 Å². The predicted molar refractivity (Wildman–Crippen MR) is 154 cm³/mol. The molecule has 39 heavy (non-hydrogen) atoms. The van der Waals surface area contributed by atoms with Crippen LogP contribution in [0.25, 0.3) is 0 Å². The quantitative estimate of drug-likeness (QED) is 0.245. The second-order valence-electron chi connectivity index (χ2n) is 9.16. The van der Waals surface area contributed by atoms with Gasteiger partial charge in [-0.05, 0) is 57.2 Å². The van der Waals surface area contributed by atoms with Crippen molar-refractivity contribution in [3.63, 3.8) is 0 Å². The highest BCUT2D eigenvalue weighted by molar-refractivity contribution is 6.80. The Labute approximate surface area is 229 Å². The molecule has 0 fully saturated rings. The number of ether oxygens (including phenoxy) is 1. The average molecular weight is 528 g/mol. The second kappa shape index (κ2) is 14.7. The third-order valence-electron chi connectivity index (χ3n) is 6.20. The molecular formula is C30H32B2F2N2O3. The summed E-state index contributed by atoms with van der Waals surface area (Å²) in [4.78, 5) is 0. The monoisotopic (exact) mass is 528 g/mol. The van der Waals surface area contributed by atoms with Crippen molar-refractivity contribution in [2.75, 3.05) is 26.3 Å². The molecule has 4 N–H and O–H groups in total. The number of halogens is 2. The molecule has 0 aromatic heterocycles. The minimum atomic E-state index is -0.359. The molecule has 5 nitrogen and oxygen atoms in total. The molecule has 4 aromatic rings. The number of hydrogen-bond donors (Lipinski definition) is 2. The minimum Gasteiger partial charge on any atom is -0.426 e. The molecule has 0 unspecified atom stereocenters. The summed E-state index contributed by atoms with van der Waals surface area (Å²) in [5.41, 5.74) is 16.9. The van der Waals surface area contributed by atoms with Crippen molar-refractivity contribution >= 4 is 35.7 Å². The topological polar surface area (TPSA) is 79.7 Å². The third-order valence-corrected chi connectivity index (χ3v) is 6.20. The summed E-state index contributed by atoms with van der Waals surface area (Å²) in [7, 11) is 0. The largest absolute Gasteiger partial charge is 0.426 e. The summed E-state index contributed by atoms with van der Waals surface area (Å²) >= 11 is 0. The maximum Gasteiger partial charge on any atom is 0.361 e. The molecule has 0 saturated carbocycles. The van der Waals surface area contributed by atoms with Crippen LogP contribution in [0.15, 0.2) is 97.1 Å². The average Bonchev–Trinajstić information content (AvgIpc) is 2.96. The lowest BCUT2D eigenvalue weighted by atomic mass is 9.55. The van der Waals surface area contributed by atoms with Gasteiger partial charge in [-0.1, -0.05) is 72.8 Å². The molecule has 0 saturated heterocycles. The van der Waals surface area contributed by atoms with Gasteiger partial charge in [-0.2, -0.15) is 0 Å². The second-order valence-corrected chi connectivity index (χ2v) is 9.16. The summed E-state index contributed by atoms with van der Waals surface area (Å²) in [6.07, 6.45) is 0. The molecule has 0 spiro atoms. The molecule has 0 aliphatic heterocycles. The van der Waals surface area contributed by atoms with E-state index in [0.29, 0.717) is 39.5 Å². The number of nitrogens with two attached hydrogens (primary N) is 2. The Kier molecular flexibility index (Phi) is 10.8. The molecule has 0 heterocycles. The molecular weight excluding hydrogens is 496 g/mol. The van der Waals surface area contributed by atoms with Crippen molar-refractivity contribution in [1.29, 1.82) is 0 Å². The molecule has 0 aliphatic carbocycles. The Bertz CT molecular complexity index is 1210. The van der Waals surface area contributed by atoms with Crippen molar-refractivity contribution < 1.29 is 22.8 Å². The van der Waals surface area contributed by atoms with Gasteiger partial charge in [0.05, 0.1) is 13.2 Å². The minimum absolute atomic E-state index is 0.294. The van der Waals surface area contributed by atoms with Gasteiger partial charge in [-0.3, -0.25) is 0 Å². The van der Waals surface area contributed by atoms with Gasteiger partial charge in [0.25, 0.3) is 0 Å². The van der Waals surface area contributed by atoms with E-state index in [1.54, 1.807) is 24.3 Å². The van der Waals surface area contributed by atoms with Gasteiger partial charge in [0.2, 0.25) is 0 Å². The Morgan fingerprint density at radius 1 is 0.538 bits per heavy atom. The molecule has 4 rings (SSSR count). The lowest BCUT2D eigenvalue weighted by Crippen LogP contribution is -2.46. The summed E-state index contributed by atoms with van der Waals surface area (Å²) in [6, 6.07) is 28.5. The molecule has 0 atom stereocenters. The normalized spacial score (nSPS) is 11.0. The van der Waals surface area contributed by atoms with E-state index >= 15 is 0 Å². The van der Waals surface area contributed by atoms with Gasteiger partial charge < -0.3 is 25.5 Å². The first kappa shape index (κ1) is 28.7. The van der Waals surface area contributed by atoms with E-state index in [1.807, 2.05) is 48.5 Å². The van der Waals surface area contributed by atoms with Crippen LogP contribution in [0.2, 0.25) is 0 Å². The zero-order chi connectivity index (χ0) is 27.5. The van der Waals surface area contributed by atoms with Crippen molar-refractivity contribution in [2.45, 2.75) is 13.2 Å². The van der Waals surface area contributed by atoms with Crippen LogP contribution in [0.3, 0.4) is 0 Å². The lowest BCUT2D eigenvalue weighted by Gasteiger charge is -2.17. The number of benzene rings is 4. The highest BCUT2D eigenvalue weighted by atomic mass is 19.1. The number of hydrogen-bond acceptors (Lipinski definition) is 5. The molecule has 0 bridgehead atoms. The van der Waals surface area contributed by atoms with Gasteiger partial charge in [0, 0.05) is 26.3 Å². The predicted octanol–water partition coefficient (Wildman–Crippen LogP) is 1.84. The van der Waals surface area contributed by atoms with Gasteiger partial charge >= 0.3 is 13.8 Å². The smallest absolute Gasteiger partial charge is 0.361 e. The van der Waals surface area contributed by atoms with Crippen LogP contribution in [0.1, 0.15) is 11.1 Å². The van der Waals surface area contributed by atoms with Gasteiger partial charge in [0.15, 0.2) is 0 Å². The van der Waals surface area contributed by atoms with Gasteiger partial charge in [-0.25, -0.2) is 8.78 Å². The first-order valence-corrected chi connectivity index (χ1v) is 13.0. The van der Waals surface area contributed by atoms with Gasteiger partial charge in [0.1, 0.15) is 11.6 Å². The molecule has 4 aromatic carbocycles. The van der Waals surface area contributed by atoms with Crippen LogP contribution in [0, 0.1) is 11.6 Å². The van der Waals surface area contributed by atoms with Crippen LogP contribution in [0.4, 0.5) is 8.78 Å². The summed E-state index contributed by atoms with van der Waals surface area (Å²) < 4.78 is 45.0. The van der Waals surface area contributed by atoms with E-state index in [4.69, 9.17) is 25.5 Å². The van der Waals surface area contributed by atoms with Crippen LogP contribution in [-0.2, 0) is 27.3 Å². The van der Waals surface area contributed by atoms with Crippen LogP contribution < -0.4 is 33.3 Å². The van der Waals surface area contributed by atoms with E-state index in [1.165, 1.54) is 24.3 Å². The van der Waals surface area contributed by atoms with E-state index in [2.05, 4.69) is 0 Å². The zero-order valence-corrected chi connectivity index (χ0v) is 21.8. The Morgan fingerprint density at radius 3 is 1.33 bits per heavy atom. The summed E-state index contributed by atoms with van der Waals surface area (Å²) in [6.45, 7) is 1.62. The fourth-order valence-electron chi connectivity index (χ4n) is 4.40. The first-order chi connectivity index (χ1) is 19.1. The fraction of sp³-hybridized carbons (Fsp3) is 0.200. The maximum absolute atomic E-state index is 13.5. The first-order valence-electron chi connectivity index (χ1n) is 13.0. The standard InChI is InChI=1S/C30H32B2F2N2O3/c33-29-11-7-25(8-12-29)31(38-17-15-35)27-5-1-3-23(19-27)21-37-22-24-4-2-6-28(20-24)32(39-18-16-36)26-9-13-30(34)14-10-26/h1-14,19-20H,15-18,21-22,35-36H2. The molecule has 200 valence electrons. The van der Waals surface area contributed by atoms with Crippen molar-refractivity contribution in [2.24, 2.45) is 11.5 Å². The number of rotatable bonds is 14. The molecule has 0 radical (unpaired) electrons. The van der Waals surface area contributed by atoms with E-state index in [0.717, 1.165) is 33.0 Å². The van der Waals surface area contributed by atoms with Crippen LogP contribution in [0.5, 0.6) is 0 Å². The summed E-state index contributed by atoms with van der Waals surface area (Å²) in [5.74, 6) is -0.588. The van der Waals surface area contributed by atoms with Crippen molar-refractivity contribution in [1.82, 2.24) is 0 Å². The van der Waals surface area contributed by atoms with Crippen LogP contribution >= 0.6 is 0 Å². The third kappa shape index (κ3) is 8.33. The van der Waals surface area contributed by atoms with E-state index in [9.17, 15) is 8.78 Å². The lowest BCUT2D eigenvalue weighted by molar-refractivity contribution is 0.107. The molecule has 0 amide bonds. The Balaban J connectivity index is 1.44. The SMILES string of the molecule is NCCOB(c1ccc(F)cc1)c1cccc(COCc2cccc(B(OCCN)c3ccc(F)cc3)c2)c1. The van der Waals surface area contributed by atoms with Gasteiger partial charge in [-0.15, -0.1) is 0 Å².